The lowest BCUT2D eigenvalue weighted by atomic mass is 10.3. The Bertz CT molecular complexity index is 628. The minimum Gasteiger partial charge on any atom is -0.383 e. The monoisotopic (exact) mass is 329 g/mol. The first kappa shape index (κ1) is 16.1. The number of carbonyl (C=O) groups excluding carboxylic acids is 1. The van der Waals surface area contributed by atoms with E-state index in [1.807, 2.05) is 16.7 Å². The molecule has 2 aromatic rings. The summed E-state index contributed by atoms with van der Waals surface area (Å²) in [4.78, 5) is 16.2. The first-order chi connectivity index (χ1) is 10.2. The van der Waals surface area contributed by atoms with E-state index in [0.717, 1.165) is 16.9 Å². The van der Waals surface area contributed by atoms with E-state index in [1.54, 1.807) is 13.2 Å². The molecule has 5 nitrogen and oxygen atoms in total. The molecule has 0 aliphatic carbocycles. The number of hydrogen-bond donors (Lipinski definition) is 1. The van der Waals surface area contributed by atoms with Crippen LogP contribution in [0, 0.1) is 0 Å². The molecule has 1 aromatic carbocycles. The van der Waals surface area contributed by atoms with Gasteiger partial charge in [-0.05, 0) is 18.2 Å². The molecule has 0 atom stereocenters. The van der Waals surface area contributed by atoms with Crippen LogP contribution in [0.25, 0.3) is 11.0 Å². The fraction of sp³-hybridized carbons (Fsp3) is 0.429. The third-order valence-corrected chi connectivity index (χ3v) is 3.57. The summed E-state index contributed by atoms with van der Waals surface area (Å²) in [7, 11) is 1.60. The highest BCUT2D eigenvalue weighted by molar-refractivity contribution is 6.31. The Balaban J connectivity index is 2.10. The van der Waals surface area contributed by atoms with Crippen LogP contribution in [0.3, 0.4) is 0 Å². The number of ether oxygens (including phenoxy) is 1. The number of imidazole rings is 1. The van der Waals surface area contributed by atoms with Gasteiger partial charge in [0, 0.05) is 31.6 Å². The molecular formula is C14H17Cl2N3O2. The number of aryl methyl sites for hydroxylation is 1. The first-order valence-corrected chi connectivity index (χ1v) is 7.53. The fourth-order valence-corrected chi connectivity index (χ4v) is 2.46. The zero-order chi connectivity index (χ0) is 15.2. The number of benzene rings is 1. The Morgan fingerprint density at radius 3 is 3.00 bits per heavy atom. The first-order valence-electron chi connectivity index (χ1n) is 6.62. The highest BCUT2D eigenvalue weighted by Crippen LogP contribution is 2.22. The summed E-state index contributed by atoms with van der Waals surface area (Å²) in [6, 6.07) is 5.47. The molecule has 2 rings (SSSR count). The number of nitrogens with one attached hydrogen (secondary N) is 1. The summed E-state index contributed by atoms with van der Waals surface area (Å²) in [5.41, 5.74) is 1.72. The average molecular weight is 330 g/mol. The normalized spacial score (nSPS) is 11.0. The second kappa shape index (κ2) is 7.64. The van der Waals surface area contributed by atoms with E-state index in [-0.39, 0.29) is 11.8 Å². The van der Waals surface area contributed by atoms with E-state index in [0.29, 0.717) is 31.1 Å². The number of nitrogens with zero attached hydrogens (tertiary/aromatic N) is 2. The molecule has 21 heavy (non-hydrogen) atoms. The average Bonchev–Trinajstić information content (AvgIpc) is 2.82. The summed E-state index contributed by atoms with van der Waals surface area (Å²) >= 11 is 12.0. The highest BCUT2D eigenvalue weighted by Gasteiger charge is 2.11. The zero-order valence-electron chi connectivity index (χ0n) is 11.7. The van der Waals surface area contributed by atoms with Crippen LogP contribution in [-0.2, 0) is 22.0 Å². The summed E-state index contributed by atoms with van der Waals surface area (Å²) < 4.78 is 6.82. The van der Waals surface area contributed by atoms with Crippen molar-refractivity contribution in [1.29, 1.82) is 0 Å². The molecule has 0 spiro atoms. The largest absolute Gasteiger partial charge is 0.383 e. The Kier molecular flexibility index (Phi) is 5.85. The van der Waals surface area contributed by atoms with E-state index in [4.69, 9.17) is 27.9 Å². The van der Waals surface area contributed by atoms with Crippen molar-refractivity contribution in [2.75, 3.05) is 20.3 Å². The smallest absolute Gasteiger partial charge is 0.221 e. The maximum absolute atomic E-state index is 11.8. The Morgan fingerprint density at radius 1 is 1.48 bits per heavy atom. The predicted octanol–water partition coefficient (Wildman–Crippen LogP) is 2.58. The van der Waals surface area contributed by atoms with Gasteiger partial charge in [0.2, 0.25) is 5.91 Å². The van der Waals surface area contributed by atoms with E-state index in [9.17, 15) is 4.79 Å². The van der Waals surface area contributed by atoms with E-state index in [1.165, 1.54) is 0 Å². The zero-order valence-corrected chi connectivity index (χ0v) is 13.2. The molecule has 0 saturated carbocycles. The molecular weight excluding hydrogens is 313 g/mol. The van der Waals surface area contributed by atoms with Crippen molar-refractivity contribution in [1.82, 2.24) is 14.9 Å². The molecule has 1 amide bonds. The summed E-state index contributed by atoms with van der Waals surface area (Å²) in [6.45, 7) is 1.52. The minimum absolute atomic E-state index is 0.0311. The van der Waals surface area contributed by atoms with Crippen LogP contribution in [0.5, 0.6) is 0 Å². The van der Waals surface area contributed by atoms with Crippen LogP contribution in [0.15, 0.2) is 18.2 Å². The van der Waals surface area contributed by atoms with Gasteiger partial charge in [-0.25, -0.2) is 4.98 Å². The highest BCUT2D eigenvalue weighted by atomic mass is 35.5. The molecule has 1 aromatic heterocycles. The summed E-state index contributed by atoms with van der Waals surface area (Å²) in [6.07, 6.45) is 0.353. The van der Waals surface area contributed by atoms with Crippen molar-refractivity contribution in [2.24, 2.45) is 0 Å². The van der Waals surface area contributed by atoms with Gasteiger partial charge in [0.25, 0.3) is 0 Å². The lowest BCUT2D eigenvalue weighted by Gasteiger charge is -2.08. The Morgan fingerprint density at radius 2 is 2.29 bits per heavy atom. The summed E-state index contributed by atoms with van der Waals surface area (Å²) in [5.74, 6) is 0.993. The SMILES string of the molecule is COCCNC(=O)CCn1c(CCl)nc2ccc(Cl)cc21. The van der Waals surface area contributed by atoms with Gasteiger partial charge >= 0.3 is 0 Å². The van der Waals surface area contributed by atoms with Gasteiger partial charge in [0.15, 0.2) is 0 Å². The Labute approximate surface area is 133 Å². The van der Waals surface area contributed by atoms with Gasteiger partial charge in [0.1, 0.15) is 5.82 Å². The number of halogens is 2. The van der Waals surface area contributed by atoms with Crippen LogP contribution < -0.4 is 5.32 Å². The van der Waals surface area contributed by atoms with E-state index < -0.39 is 0 Å². The minimum atomic E-state index is -0.0311. The van der Waals surface area contributed by atoms with Crippen LogP contribution in [-0.4, -0.2) is 35.7 Å². The van der Waals surface area contributed by atoms with Crippen LogP contribution in [0.4, 0.5) is 0 Å². The molecule has 0 unspecified atom stereocenters. The second-order valence-electron chi connectivity index (χ2n) is 4.54. The number of rotatable bonds is 7. The van der Waals surface area contributed by atoms with Crippen molar-refractivity contribution in [2.45, 2.75) is 18.8 Å². The molecule has 0 saturated heterocycles. The van der Waals surface area contributed by atoms with Gasteiger partial charge in [-0.1, -0.05) is 11.6 Å². The van der Waals surface area contributed by atoms with E-state index >= 15 is 0 Å². The molecule has 0 fully saturated rings. The quantitative estimate of drug-likeness (QED) is 0.627. The fourth-order valence-electron chi connectivity index (χ4n) is 2.09. The van der Waals surface area contributed by atoms with Gasteiger partial charge in [-0.3, -0.25) is 4.79 Å². The van der Waals surface area contributed by atoms with Crippen LogP contribution >= 0.6 is 23.2 Å². The number of fused-ring (bicyclic) bond motifs is 1. The number of alkyl halides is 1. The number of aromatic nitrogens is 2. The molecule has 1 heterocycles. The predicted molar refractivity (Wildman–Crippen MR) is 83.8 cm³/mol. The molecule has 0 radical (unpaired) electrons. The topological polar surface area (TPSA) is 56.1 Å². The maximum Gasteiger partial charge on any atom is 0.221 e. The lowest BCUT2D eigenvalue weighted by molar-refractivity contribution is -0.121. The molecule has 114 valence electrons. The number of methoxy groups -OCH3 is 1. The van der Waals surface area contributed by atoms with Crippen molar-refractivity contribution in [3.05, 3.63) is 29.0 Å². The van der Waals surface area contributed by atoms with Crippen molar-refractivity contribution in [3.8, 4) is 0 Å². The Hall–Kier alpha value is -1.30. The van der Waals surface area contributed by atoms with Crippen molar-refractivity contribution < 1.29 is 9.53 Å². The molecule has 1 N–H and O–H groups in total. The summed E-state index contributed by atoms with van der Waals surface area (Å²) in [5, 5.41) is 3.42. The lowest BCUT2D eigenvalue weighted by Crippen LogP contribution is -2.27. The van der Waals surface area contributed by atoms with Gasteiger partial charge in [-0.2, -0.15) is 0 Å². The molecule has 7 heteroatoms. The van der Waals surface area contributed by atoms with Crippen molar-refractivity contribution >= 4 is 40.1 Å². The van der Waals surface area contributed by atoms with Gasteiger partial charge in [-0.15, -0.1) is 11.6 Å². The van der Waals surface area contributed by atoms with E-state index in [2.05, 4.69) is 10.3 Å². The second-order valence-corrected chi connectivity index (χ2v) is 5.24. The third-order valence-electron chi connectivity index (χ3n) is 3.10. The van der Waals surface area contributed by atoms with Crippen LogP contribution in [0.2, 0.25) is 5.02 Å². The number of carbonyl (C=O) groups is 1. The third kappa shape index (κ3) is 4.09. The van der Waals surface area contributed by atoms with Crippen LogP contribution in [0.1, 0.15) is 12.2 Å². The van der Waals surface area contributed by atoms with Gasteiger partial charge in [0.05, 0.1) is 23.5 Å². The maximum atomic E-state index is 11.8. The van der Waals surface area contributed by atoms with Crippen molar-refractivity contribution in [3.63, 3.8) is 0 Å². The number of hydrogen-bond acceptors (Lipinski definition) is 3. The molecule has 0 bridgehead atoms. The van der Waals surface area contributed by atoms with Gasteiger partial charge < -0.3 is 14.6 Å². The number of amides is 1. The molecule has 0 aliphatic rings. The molecule has 0 aliphatic heterocycles. The standard InChI is InChI=1S/C14H17Cl2N3O2/c1-21-7-5-17-14(20)4-6-19-12-8-10(16)2-3-11(12)18-13(19)9-15/h2-3,8H,4-7,9H2,1H3,(H,17,20).